The number of hydrogen-bond acceptors (Lipinski definition) is 4. The van der Waals surface area contributed by atoms with Crippen molar-refractivity contribution in [1.29, 1.82) is 0 Å². The van der Waals surface area contributed by atoms with E-state index in [4.69, 9.17) is 0 Å². The Morgan fingerprint density at radius 1 is 0.536 bits per heavy atom. The monoisotopic (exact) mass is 372 g/mol. The number of para-hydroxylation sites is 2. The van der Waals surface area contributed by atoms with Gasteiger partial charge in [-0.25, -0.2) is 9.97 Å². The van der Waals surface area contributed by atoms with Crippen molar-refractivity contribution in [3.63, 3.8) is 0 Å². The lowest BCUT2D eigenvalue weighted by atomic mass is 10.1. The number of unbranched alkanes of at least 4 members (excludes halogenated alkanes) is 3. The van der Waals surface area contributed by atoms with Crippen molar-refractivity contribution in [3.8, 4) is 11.5 Å². The minimum atomic E-state index is 0.244. The van der Waals surface area contributed by atoms with E-state index in [9.17, 15) is 10.2 Å². The van der Waals surface area contributed by atoms with Gasteiger partial charge in [0.15, 0.2) is 0 Å². The second-order valence-electron chi connectivity index (χ2n) is 7.22. The number of phenols is 2. The van der Waals surface area contributed by atoms with E-state index in [2.05, 4.69) is 9.97 Å². The summed E-state index contributed by atoms with van der Waals surface area (Å²) in [7, 11) is 0. The van der Waals surface area contributed by atoms with Crippen molar-refractivity contribution in [1.82, 2.24) is 9.97 Å². The van der Waals surface area contributed by atoms with Crippen molar-refractivity contribution in [2.24, 2.45) is 0 Å². The fraction of sp³-hybridized carbons (Fsp3) is 0.250. The minimum absolute atomic E-state index is 0.244. The number of rotatable bonds is 7. The van der Waals surface area contributed by atoms with E-state index in [1.54, 1.807) is 12.1 Å². The van der Waals surface area contributed by atoms with Crippen molar-refractivity contribution in [3.05, 3.63) is 72.1 Å². The molecule has 4 heteroatoms. The normalized spacial score (nSPS) is 11.3. The summed E-state index contributed by atoms with van der Waals surface area (Å²) < 4.78 is 0. The van der Waals surface area contributed by atoms with Crippen LogP contribution in [0.25, 0.3) is 21.8 Å². The lowest BCUT2D eigenvalue weighted by Gasteiger charge is -2.06. The van der Waals surface area contributed by atoms with Crippen LogP contribution in [0, 0.1) is 0 Å². The molecule has 0 spiro atoms. The first-order valence-corrected chi connectivity index (χ1v) is 9.86. The lowest BCUT2D eigenvalue weighted by Crippen LogP contribution is -1.93. The molecule has 0 amide bonds. The summed E-state index contributed by atoms with van der Waals surface area (Å²) in [6.45, 7) is 0. The Balaban J connectivity index is 1.25. The largest absolute Gasteiger partial charge is 0.506 e. The summed E-state index contributed by atoms with van der Waals surface area (Å²) >= 11 is 0. The van der Waals surface area contributed by atoms with Gasteiger partial charge in [-0.15, -0.1) is 0 Å². The molecule has 4 rings (SSSR count). The number of benzene rings is 2. The molecule has 0 atom stereocenters. The molecule has 28 heavy (non-hydrogen) atoms. The lowest BCUT2D eigenvalue weighted by molar-refractivity contribution is 0.479. The molecular formula is C24H24N2O2. The van der Waals surface area contributed by atoms with Crippen molar-refractivity contribution in [2.75, 3.05) is 0 Å². The van der Waals surface area contributed by atoms with Crippen LogP contribution in [0.2, 0.25) is 0 Å². The first kappa shape index (κ1) is 18.2. The number of fused-ring (bicyclic) bond motifs is 2. The summed E-state index contributed by atoms with van der Waals surface area (Å²) in [6.07, 6.45) is 6.29. The number of aromatic hydroxyl groups is 2. The van der Waals surface area contributed by atoms with Crippen LogP contribution in [-0.4, -0.2) is 20.2 Å². The molecule has 0 saturated carbocycles. The van der Waals surface area contributed by atoms with Crippen molar-refractivity contribution in [2.45, 2.75) is 38.5 Å². The molecule has 0 unspecified atom stereocenters. The van der Waals surface area contributed by atoms with Gasteiger partial charge in [-0.3, -0.25) is 0 Å². The molecule has 2 aromatic carbocycles. The minimum Gasteiger partial charge on any atom is -0.506 e. The highest BCUT2D eigenvalue weighted by atomic mass is 16.3. The maximum atomic E-state index is 9.94. The zero-order valence-electron chi connectivity index (χ0n) is 15.8. The summed E-state index contributed by atoms with van der Waals surface area (Å²) in [4.78, 5) is 9.19. The van der Waals surface area contributed by atoms with Crippen LogP contribution in [0.15, 0.2) is 60.7 Å². The van der Waals surface area contributed by atoms with Crippen LogP contribution in [0.3, 0.4) is 0 Å². The number of phenolic OH excluding ortho intramolecular Hbond substituents is 2. The first-order valence-electron chi connectivity index (χ1n) is 9.86. The Labute approximate surface area is 164 Å². The maximum Gasteiger partial charge on any atom is 0.141 e. The van der Waals surface area contributed by atoms with E-state index in [1.165, 1.54) is 0 Å². The van der Waals surface area contributed by atoms with Crippen LogP contribution >= 0.6 is 0 Å². The van der Waals surface area contributed by atoms with Gasteiger partial charge >= 0.3 is 0 Å². The predicted octanol–water partition coefficient (Wildman–Crippen LogP) is 5.54. The van der Waals surface area contributed by atoms with E-state index < -0.39 is 0 Å². The van der Waals surface area contributed by atoms with Gasteiger partial charge in [0, 0.05) is 22.2 Å². The van der Waals surface area contributed by atoms with E-state index >= 15 is 0 Å². The fourth-order valence-corrected chi connectivity index (χ4v) is 3.59. The highest BCUT2D eigenvalue weighted by Gasteiger charge is 2.04. The van der Waals surface area contributed by atoms with Gasteiger partial charge in [-0.05, 0) is 49.9 Å². The molecule has 0 aliphatic carbocycles. The number of nitrogens with zero attached hydrogens (tertiary/aromatic N) is 2. The molecule has 0 fully saturated rings. The van der Waals surface area contributed by atoms with Crippen LogP contribution in [0.4, 0.5) is 0 Å². The molecule has 2 N–H and O–H groups in total. The number of aromatic nitrogens is 2. The Bertz CT molecular complexity index is 1020. The summed E-state index contributed by atoms with van der Waals surface area (Å²) in [5, 5.41) is 21.8. The molecule has 0 aliphatic rings. The molecule has 2 heterocycles. The molecule has 0 aliphatic heterocycles. The smallest absolute Gasteiger partial charge is 0.141 e. The van der Waals surface area contributed by atoms with Gasteiger partial charge in [-0.2, -0.15) is 0 Å². The van der Waals surface area contributed by atoms with E-state index in [0.29, 0.717) is 11.0 Å². The van der Waals surface area contributed by atoms with Crippen LogP contribution in [-0.2, 0) is 12.8 Å². The molecule has 4 aromatic rings. The fourth-order valence-electron chi connectivity index (χ4n) is 3.59. The molecule has 0 radical (unpaired) electrons. The Morgan fingerprint density at radius 2 is 1.00 bits per heavy atom. The van der Waals surface area contributed by atoms with Crippen LogP contribution < -0.4 is 0 Å². The van der Waals surface area contributed by atoms with Gasteiger partial charge < -0.3 is 10.2 Å². The first-order chi connectivity index (χ1) is 13.7. The molecular weight excluding hydrogens is 348 g/mol. The zero-order valence-corrected chi connectivity index (χ0v) is 15.8. The number of aryl methyl sites for hydroxylation is 2. The van der Waals surface area contributed by atoms with Gasteiger partial charge in [-0.1, -0.05) is 49.2 Å². The topological polar surface area (TPSA) is 66.2 Å². The third-order valence-corrected chi connectivity index (χ3v) is 5.13. The van der Waals surface area contributed by atoms with Gasteiger partial charge in [0.25, 0.3) is 0 Å². The Morgan fingerprint density at radius 3 is 1.46 bits per heavy atom. The maximum absolute atomic E-state index is 9.94. The molecule has 2 aromatic heterocycles. The van der Waals surface area contributed by atoms with E-state index in [1.807, 2.05) is 48.5 Å². The number of hydrogen-bond donors (Lipinski definition) is 2. The third-order valence-electron chi connectivity index (χ3n) is 5.13. The zero-order chi connectivity index (χ0) is 19.3. The second-order valence-corrected chi connectivity index (χ2v) is 7.22. The summed E-state index contributed by atoms with van der Waals surface area (Å²) in [5.41, 5.74) is 3.43. The van der Waals surface area contributed by atoms with E-state index in [-0.39, 0.29) is 11.5 Å². The van der Waals surface area contributed by atoms with Crippen LogP contribution in [0.1, 0.15) is 37.1 Å². The molecule has 142 valence electrons. The average molecular weight is 372 g/mol. The Hall–Kier alpha value is -3.14. The van der Waals surface area contributed by atoms with Crippen LogP contribution in [0.5, 0.6) is 11.5 Å². The Kier molecular flexibility index (Phi) is 5.38. The quantitative estimate of drug-likeness (QED) is 0.418. The summed E-state index contributed by atoms with van der Waals surface area (Å²) in [6, 6.07) is 19.1. The molecule has 0 saturated heterocycles. The average Bonchev–Trinajstić information content (AvgIpc) is 2.71. The molecule has 0 bridgehead atoms. The van der Waals surface area contributed by atoms with E-state index in [0.717, 1.165) is 60.7 Å². The van der Waals surface area contributed by atoms with Gasteiger partial charge in [0.2, 0.25) is 0 Å². The molecule has 4 nitrogen and oxygen atoms in total. The SMILES string of the molecule is Oc1cccc2ccc(CCCCCCc3ccc4cccc(O)c4n3)nc12. The summed E-state index contributed by atoms with van der Waals surface area (Å²) in [5.74, 6) is 0.488. The van der Waals surface area contributed by atoms with Crippen molar-refractivity contribution < 1.29 is 10.2 Å². The predicted molar refractivity (Wildman–Crippen MR) is 113 cm³/mol. The van der Waals surface area contributed by atoms with Crippen molar-refractivity contribution >= 4 is 21.8 Å². The standard InChI is InChI=1S/C24H24N2O2/c27-21-11-5-7-17-13-15-19(25-23(17)21)9-3-1-2-4-10-20-16-14-18-8-6-12-22(28)24(18)26-20/h5-8,11-16,27-28H,1-4,9-10H2. The second kappa shape index (κ2) is 8.26. The van der Waals surface area contributed by atoms with Gasteiger partial charge in [0.1, 0.15) is 22.5 Å². The third kappa shape index (κ3) is 4.06. The highest BCUT2D eigenvalue weighted by molar-refractivity contribution is 5.84. The van der Waals surface area contributed by atoms with Gasteiger partial charge in [0.05, 0.1) is 0 Å². The highest BCUT2D eigenvalue weighted by Crippen LogP contribution is 2.24. The number of pyridine rings is 2.